The highest BCUT2D eigenvalue weighted by Crippen LogP contribution is 2.37. The summed E-state index contributed by atoms with van der Waals surface area (Å²) in [4.78, 5) is 13.6. The number of ketones is 1. The molecule has 5 rings (SSSR count). The summed E-state index contributed by atoms with van der Waals surface area (Å²) >= 11 is 5.88. The molecule has 0 aliphatic heterocycles. The highest BCUT2D eigenvalue weighted by atomic mass is 35.5. The Labute approximate surface area is 201 Å². The van der Waals surface area contributed by atoms with Gasteiger partial charge in [-0.1, -0.05) is 72.3 Å². The number of hydrogen-bond acceptors (Lipinski definition) is 4. The number of furan rings is 1. The van der Waals surface area contributed by atoms with Crippen LogP contribution in [0.2, 0.25) is 5.02 Å². The van der Waals surface area contributed by atoms with Crippen LogP contribution in [0.25, 0.3) is 22.3 Å². The van der Waals surface area contributed by atoms with Crippen molar-refractivity contribution in [3.63, 3.8) is 0 Å². The largest absolute Gasteiger partial charge is 0.455 e. The van der Waals surface area contributed by atoms with E-state index in [4.69, 9.17) is 16.0 Å². The molecule has 0 aliphatic rings. The highest BCUT2D eigenvalue weighted by molar-refractivity contribution is 7.92. The number of benzene rings is 4. The number of carbonyl (C=O) groups excluding carboxylic acids is 1. The summed E-state index contributed by atoms with van der Waals surface area (Å²) in [5, 5.41) is 0.959. The smallest absolute Gasteiger partial charge is 0.261 e. The lowest BCUT2D eigenvalue weighted by Crippen LogP contribution is -2.12. The van der Waals surface area contributed by atoms with Crippen molar-refractivity contribution in [2.45, 2.75) is 4.90 Å². The molecule has 0 fully saturated rings. The van der Waals surface area contributed by atoms with Crippen molar-refractivity contribution in [2.75, 3.05) is 4.72 Å². The standard InChI is InChI=1S/C27H18ClNO4S/c28-20-11-14-22(15-12-20)34(31,32)29-21-13-16-24-23(17-21)25(26(30)18-7-3-1-4-8-18)27(33-24)19-9-5-2-6-10-19/h1-17,29H. The van der Waals surface area contributed by atoms with Crippen LogP contribution in [0.1, 0.15) is 15.9 Å². The van der Waals surface area contributed by atoms with Crippen molar-refractivity contribution >= 4 is 44.1 Å². The third-order valence-electron chi connectivity index (χ3n) is 5.36. The zero-order chi connectivity index (χ0) is 23.7. The first-order valence-corrected chi connectivity index (χ1v) is 12.3. The Balaban J connectivity index is 1.64. The number of sulfonamides is 1. The van der Waals surface area contributed by atoms with E-state index in [9.17, 15) is 13.2 Å². The Hall–Kier alpha value is -3.87. The molecule has 7 heteroatoms. The molecule has 5 nitrogen and oxygen atoms in total. The van der Waals surface area contributed by atoms with Gasteiger partial charge < -0.3 is 4.42 Å². The minimum Gasteiger partial charge on any atom is -0.455 e. The van der Waals surface area contributed by atoms with E-state index in [0.717, 1.165) is 5.56 Å². The first kappa shape index (κ1) is 21.9. The average Bonchev–Trinajstić information content (AvgIpc) is 3.23. The molecular formula is C27H18ClNO4S. The quantitative estimate of drug-likeness (QED) is 0.268. The molecule has 0 saturated heterocycles. The second-order valence-electron chi connectivity index (χ2n) is 7.64. The van der Waals surface area contributed by atoms with Crippen molar-refractivity contribution in [1.82, 2.24) is 0 Å². The molecule has 34 heavy (non-hydrogen) atoms. The van der Waals surface area contributed by atoms with Gasteiger partial charge in [-0.3, -0.25) is 9.52 Å². The van der Waals surface area contributed by atoms with Gasteiger partial charge in [-0.05, 0) is 42.5 Å². The van der Waals surface area contributed by atoms with Crippen LogP contribution in [-0.2, 0) is 10.0 Å². The number of halogens is 1. The van der Waals surface area contributed by atoms with Crippen molar-refractivity contribution in [3.8, 4) is 11.3 Å². The van der Waals surface area contributed by atoms with Gasteiger partial charge in [0, 0.05) is 27.2 Å². The van der Waals surface area contributed by atoms with Crippen LogP contribution in [0.4, 0.5) is 5.69 Å². The van der Waals surface area contributed by atoms with E-state index in [2.05, 4.69) is 4.72 Å². The van der Waals surface area contributed by atoms with Gasteiger partial charge in [0.15, 0.2) is 5.78 Å². The summed E-state index contributed by atoms with van der Waals surface area (Å²) < 4.78 is 34.4. The Morgan fingerprint density at radius 2 is 1.44 bits per heavy atom. The summed E-state index contributed by atoms with van der Waals surface area (Å²) in [5.74, 6) is 0.220. The predicted molar refractivity (Wildman–Crippen MR) is 134 cm³/mol. The number of hydrogen-bond donors (Lipinski definition) is 1. The molecule has 0 atom stereocenters. The molecule has 0 aliphatic carbocycles. The average molecular weight is 488 g/mol. The van der Waals surface area contributed by atoms with Gasteiger partial charge in [0.2, 0.25) is 0 Å². The van der Waals surface area contributed by atoms with E-state index >= 15 is 0 Å². The van der Waals surface area contributed by atoms with Gasteiger partial charge in [0.05, 0.1) is 10.5 Å². The fraction of sp³-hybridized carbons (Fsp3) is 0. The Kier molecular flexibility index (Phi) is 5.69. The Bertz CT molecular complexity index is 1590. The third-order valence-corrected chi connectivity index (χ3v) is 7.01. The lowest BCUT2D eigenvalue weighted by atomic mass is 9.97. The van der Waals surface area contributed by atoms with Crippen molar-refractivity contribution in [3.05, 3.63) is 119 Å². The molecule has 0 unspecified atom stereocenters. The zero-order valence-corrected chi connectivity index (χ0v) is 19.3. The van der Waals surface area contributed by atoms with Gasteiger partial charge >= 0.3 is 0 Å². The fourth-order valence-corrected chi connectivity index (χ4v) is 4.92. The second kappa shape index (κ2) is 8.82. The molecule has 0 amide bonds. The lowest BCUT2D eigenvalue weighted by Gasteiger charge is -2.08. The van der Waals surface area contributed by atoms with E-state index in [1.807, 2.05) is 36.4 Å². The van der Waals surface area contributed by atoms with E-state index < -0.39 is 10.0 Å². The maximum atomic E-state index is 13.6. The lowest BCUT2D eigenvalue weighted by molar-refractivity contribution is 0.104. The third kappa shape index (κ3) is 4.21. The summed E-state index contributed by atoms with van der Waals surface area (Å²) in [5.41, 5.74) is 2.42. The van der Waals surface area contributed by atoms with Gasteiger partial charge in [0.25, 0.3) is 10.0 Å². The van der Waals surface area contributed by atoms with E-state index in [0.29, 0.717) is 38.6 Å². The normalized spacial score (nSPS) is 11.4. The first-order valence-electron chi connectivity index (χ1n) is 10.4. The minimum atomic E-state index is -3.85. The van der Waals surface area contributed by atoms with Gasteiger partial charge in [-0.25, -0.2) is 8.42 Å². The van der Waals surface area contributed by atoms with Gasteiger partial charge in [-0.2, -0.15) is 0 Å². The van der Waals surface area contributed by atoms with Crippen LogP contribution in [0.5, 0.6) is 0 Å². The molecule has 0 spiro atoms. The van der Waals surface area contributed by atoms with Gasteiger partial charge in [-0.15, -0.1) is 0 Å². The van der Waals surface area contributed by atoms with Crippen LogP contribution in [0.3, 0.4) is 0 Å². The van der Waals surface area contributed by atoms with Crippen LogP contribution in [0, 0.1) is 0 Å². The Morgan fingerprint density at radius 1 is 0.794 bits per heavy atom. The molecule has 1 heterocycles. The molecular weight excluding hydrogens is 470 g/mol. The maximum Gasteiger partial charge on any atom is 0.261 e. The number of nitrogens with one attached hydrogen (secondary N) is 1. The SMILES string of the molecule is O=C(c1ccccc1)c1c(-c2ccccc2)oc2ccc(NS(=O)(=O)c3ccc(Cl)cc3)cc12. The number of rotatable bonds is 6. The molecule has 4 aromatic carbocycles. The summed E-state index contributed by atoms with van der Waals surface area (Å²) in [7, 11) is -3.85. The van der Waals surface area contributed by atoms with Gasteiger partial charge in [0.1, 0.15) is 11.3 Å². The van der Waals surface area contributed by atoms with Crippen LogP contribution >= 0.6 is 11.6 Å². The van der Waals surface area contributed by atoms with E-state index in [-0.39, 0.29) is 10.7 Å². The number of anilines is 1. The van der Waals surface area contributed by atoms with Crippen molar-refractivity contribution < 1.29 is 17.6 Å². The molecule has 0 saturated carbocycles. The molecule has 5 aromatic rings. The summed E-state index contributed by atoms with van der Waals surface area (Å²) in [6.45, 7) is 0. The molecule has 0 radical (unpaired) electrons. The molecule has 1 aromatic heterocycles. The van der Waals surface area contributed by atoms with Crippen LogP contribution in [-0.4, -0.2) is 14.2 Å². The fourth-order valence-electron chi connectivity index (χ4n) is 3.74. The van der Waals surface area contributed by atoms with Crippen LogP contribution in [0.15, 0.2) is 112 Å². The van der Waals surface area contributed by atoms with Crippen molar-refractivity contribution in [2.24, 2.45) is 0 Å². The topological polar surface area (TPSA) is 76.4 Å². The van der Waals surface area contributed by atoms with E-state index in [1.165, 1.54) is 24.3 Å². The zero-order valence-electron chi connectivity index (χ0n) is 17.7. The monoisotopic (exact) mass is 487 g/mol. The molecule has 0 bridgehead atoms. The Morgan fingerprint density at radius 3 is 2.12 bits per heavy atom. The predicted octanol–water partition coefficient (Wildman–Crippen LogP) is 6.79. The van der Waals surface area contributed by atoms with Crippen molar-refractivity contribution in [1.29, 1.82) is 0 Å². The number of fused-ring (bicyclic) bond motifs is 1. The molecule has 1 N–H and O–H groups in total. The molecule has 168 valence electrons. The van der Waals surface area contributed by atoms with E-state index in [1.54, 1.807) is 42.5 Å². The number of carbonyl (C=O) groups is 1. The van der Waals surface area contributed by atoms with Crippen LogP contribution < -0.4 is 4.72 Å². The summed E-state index contributed by atoms with van der Waals surface area (Å²) in [6, 6.07) is 29.0. The second-order valence-corrected chi connectivity index (χ2v) is 9.76. The summed E-state index contributed by atoms with van der Waals surface area (Å²) in [6.07, 6.45) is 0. The maximum absolute atomic E-state index is 13.6. The highest BCUT2D eigenvalue weighted by Gasteiger charge is 2.24. The first-order chi connectivity index (χ1) is 16.4. The minimum absolute atomic E-state index is 0.0785.